The molecule has 2 aromatic rings. The van der Waals surface area contributed by atoms with Gasteiger partial charge in [0, 0.05) is 10.8 Å². The van der Waals surface area contributed by atoms with Crippen molar-refractivity contribution in [1.82, 2.24) is 9.97 Å². The largest absolute Gasteiger partial charge is 0.457 e. The van der Waals surface area contributed by atoms with Crippen LogP contribution in [0.5, 0.6) is 0 Å². The summed E-state index contributed by atoms with van der Waals surface area (Å²) in [6.45, 7) is -0.0132. The van der Waals surface area contributed by atoms with Gasteiger partial charge in [0.05, 0.1) is 5.39 Å². The van der Waals surface area contributed by atoms with Gasteiger partial charge >= 0.3 is 5.97 Å². The smallest absolute Gasteiger partial charge is 0.320 e. The second kappa shape index (κ2) is 4.82. The van der Waals surface area contributed by atoms with Gasteiger partial charge in [-0.1, -0.05) is 0 Å². The molecule has 5 aliphatic rings. The number of hydrogen-bond donors (Lipinski definition) is 1. The van der Waals surface area contributed by atoms with Crippen LogP contribution in [0.1, 0.15) is 41.9 Å². The summed E-state index contributed by atoms with van der Waals surface area (Å²) in [4.78, 5) is 36.2. The zero-order chi connectivity index (χ0) is 17.6. The predicted octanol–water partition coefficient (Wildman–Crippen LogP) is 2.42. The molecule has 0 aromatic carbocycles. The number of esters is 1. The van der Waals surface area contributed by atoms with E-state index in [1.54, 1.807) is 11.3 Å². The maximum atomic E-state index is 12.6. The van der Waals surface area contributed by atoms with Crippen molar-refractivity contribution < 1.29 is 14.3 Å². The number of thiophene rings is 1. The summed E-state index contributed by atoms with van der Waals surface area (Å²) in [5, 5.41) is 0.979. The number of carbonyl (C=O) groups excluding carboxylic acids is 2. The Labute approximate surface area is 154 Å². The Kier molecular flexibility index (Phi) is 2.80. The first-order chi connectivity index (χ1) is 12.6. The van der Waals surface area contributed by atoms with Gasteiger partial charge in [-0.3, -0.25) is 9.59 Å². The number of aryl methyl sites for hydroxylation is 2. The van der Waals surface area contributed by atoms with Gasteiger partial charge in [-0.25, -0.2) is 9.97 Å². The number of ketones is 1. The van der Waals surface area contributed by atoms with E-state index in [0.29, 0.717) is 11.6 Å². The number of carbonyl (C=O) groups is 2. The fraction of sp³-hybridized carbons (Fsp3) is 0.579. The summed E-state index contributed by atoms with van der Waals surface area (Å²) in [5.41, 5.74) is 6.68. The third kappa shape index (κ3) is 1.68. The molecule has 0 radical (unpaired) electrons. The number of fused-ring (bicyclic) bond motifs is 3. The molecule has 2 atom stereocenters. The summed E-state index contributed by atoms with van der Waals surface area (Å²) in [7, 11) is 0. The summed E-state index contributed by atoms with van der Waals surface area (Å²) in [6, 6.07) is 0. The highest BCUT2D eigenvalue weighted by Gasteiger charge is 2.84. The fourth-order valence-electron chi connectivity index (χ4n) is 5.81. The number of nitrogen functional groups attached to an aromatic ring is 1. The minimum Gasteiger partial charge on any atom is -0.457 e. The highest BCUT2D eigenvalue weighted by atomic mass is 32.1. The molecule has 4 bridgehead atoms. The maximum Gasteiger partial charge on any atom is 0.320 e. The van der Waals surface area contributed by atoms with Crippen LogP contribution in [0.15, 0.2) is 0 Å². The Balaban J connectivity index is 1.26. The van der Waals surface area contributed by atoms with E-state index in [0.717, 1.165) is 35.9 Å². The van der Waals surface area contributed by atoms with Crippen LogP contribution in [0.3, 0.4) is 0 Å². The van der Waals surface area contributed by atoms with Gasteiger partial charge in [0.25, 0.3) is 0 Å². The van der Waals surface area contributed by atoms with E-state index in [2.05, 4.69) is 9.97 Å². The average molecular weight is 369 g/mol. The maximum absolute atomic E-state index is 12.6. The van der Waals surface area contributed by atoms with Gasteiger partial charge in [0.15, 0.2) is 18.2 Å². The van der Waals surface area contributed by atoms with E-state index in [4.69, 9.17) is 10.5 Å². The lowest BCUT2D eigenvalue weighted by atomic mass is 9.97. The summed E-state index contributed by atoms with van der Waals surface area (Å²) in [5.74, 6) is 1.19. The van der Waals surface area contributed by atoms with Crippen LogP contribution in [0, 0.1) is 23.2 Å². The molecule has 0 saturated heterocycles. The molecule has 0 amide bonds. The standard InChI is InChI=1S/C19H19N3O3S/c20-16-14-9-3-1-2-4-12(9)26-17(14)22-13(21-16)7-25-18(24)19-10-5-8(15(19)23)6-11(10)19/h8,10-11H,1-7H2,(H2,20,21,22). The monoisotopic (exact) mass is 369 g/mol. The molecule has 134 valence electrons. The van der Waals surface area contributed by atoms with E-state index in [1.165, 1.54) is 23.3 Å². The van der Waals surface area contributed by atoms with Crippen LogP contribution in [0.2, 0.25) is 0 Å². The van der Waals surface area contributed by atoms with Crippen molar-refractivity contribution in [2.45, 2.75) is 45.1 Å². The Morgan fingerprint density at radius 1 is 1.23 bits per heavy atom. The third-order valence-electron chi connectivity index (χ3n) is 6.96. The number of hydrogen-bond acceptors (Lipinski definition) is 7. The normalized spacial score (nSPS) is 33.5. The molecule has 4 saturated carbocycles. The van der Waals surface area contributed by atoms with Crippen molar-refractivity contribution in [3.63, 3.8) is 0 Å². The molecule has 6 nitrogen and oxygen atoms in total. The summed E-state index contributed by atoms with van der Waals surface area (Å²) >= 11 is 1.68. The SMILES string of the molecule is Nc1nc(COC(=O)C23C(=O)C4CC2C3C4)nc2sc3c(c12)CCCC3. The van der Waals surface area contributed by atoms with Gasteiger partial charge < -0.3 is 10.5 Å². The number of nitrogens with two attached hydrogens (primary N) is 1. The molecule has 26 heavy (non-hydrogen) atoms. The van der Waals surface area contributed by atoms with E-state index in [-0.39, 0.29) is 36.1 Å². The van der Waals surface area contributed by atoms with Gasteiger partial charge in [-0.2, -0.15) is 0 Å². The van der Waals surface area contributed by atoms with E-state index in [9.17, 15) is 9.59 Å². The lowest BCUT2D eigenvalue weighted by molar-refractivity contribution is -0.155. The van der Waals surface area contributed by atoms with Gasteiger partial charge in [-0.05, 0) is 55.9 Å². The lowest BCUT2D eigenvalue weighted by Gasteiger charge is -2.11. The first-order valence-electron chi connectivity index (χ1n) is 9.39. The molecule has 2 unspecified atom stereocenters. The molecule has 0 aliphatic heterocycles. The van der Waals surface area contributed by atoms with Crippen LogP contribution in [-0.2, 0) is 33.8 Å². The van der Waals surface area contributed by atoms with Crippen LogP contribution in [-0.4, -0.2) is 21.7 Å². The average Bonchev–Trinajstić information content (AvgIpc) is 3.07. The number of rotatable bonds is 3. The first kappa shape index (κ1) is 15.1. The Morgan fingerprint density at radius 3 is 2.73 bits per heavy atom. The minimum atomic E-state index is -0.817. The molecule has 2 N–H and O–H groups in total. The van der Waals surface area contributed by atoms with Crippen LogP contribution < -0.4 is 5.73 Å². The fourth-order valence-corrected chi connectivity index (χ4v) is 7.10. The molecule has 2 aromatic heterocycles. The quantitative estimate of drug-likeness (QED) is 0.659. The number of anilines is 1. The zero-order valence-electron chi connectivity index (χ0n) is 14.3. The first-order valence-corrected chi connectivity index (χ1v) is 10.2. The molecule has 0 spiro atoms. The van der Waals surface area contributed by atoms with E-state index < -0.39 is 5.41 Å². The molecular weight excluding hydrogens is 350 g/mol. The molecular formula is C19H19N3O3S. The Hall–Kier alpha value is -2.02. The second-order valence-corrected chi connectivity index (χ2v) is 9.19. The zero-order valence-corrected chi connectivity index (χ0v) is 15.1. The third-order valence-corrected chi connectivity index (χ3v) is 8.15. The number of Topliss-reactive ketones (excluding diaryl/α,β-unsaturated/α-hetero) is 1. The van der Waals surface area contributed by atoms with Crippen molar-refractivity contribution in [3.8, 4) is 0 Å². The van der Waals surface area contributed by atoms with Crippen molar-refractivity contribution in [1.29, 1.82) is 0 Å². The van der Waals surface area contributed by atoms with Crippen molar-refractivity contribution in [2.24, 2.45) is 23.2 Å². The van der Waals surface area contributed by atoms with Gasteiger partial charge in [-0.15, -0.1) is 11.3 Å². The molecule has 2 heterocycles. The van der Waals surface area contributed by atoms with Crippen LogP contribution in [0.4, 0.5) is 5.82 Å². The van der Waals surface area contributed by atoms with Crippen LogP contribution >= 0.6 is 11.3 Å². The molecule has 7 rings (SSSR count). The van der Waals surface area contributed by atoms with Gasteiger partial charge in [0.2, 0.25) is 0 Å². The molecule has 7 heteroatoms. The number of nitrogens with zero attached hydrogens (tertiary/aromatic N) is 2. The minimum absolute atomic E-state index is 0.0132. The van der Waals surface area contributed by atoms with Crippen molar-refractivity contribution in [3.05, 3.63) is 16.3 Å². The second-order valence-electron chi connectivity index (χ2n) is 8.11. The van der Waals surface area contributed by atoms with Gasteiger partial charge in [0.1, 0.15) is 16.1 Å². The van der Waals surface area contributed by atoms with Crippen LogP contribution in [0.25, 0.3) is 10.2 Å². The van der Waals surface area contributed by atoms with Crippen molar-refractivity contribution in [2.75, 3.05) is 5.73 Å². The number of aromatic nitrogens is 2. The van der Waals surface area contributed by atoms with E-state index >= 15 is 0 Å². The predicted molar refractivity (Wildman–Crippen MR) is 95.4 cm³/mol. The molecule has 5 aliphatic carbocycles. The molecule has 4 fully saturated rings. The van der Waals surface area contributed by atoms with Crippen molar-refractivity contribution >= 4 is 39.1 Å². The highest BCUT2D eigenvalue weighted by molar-refractivity contribution is 7.19. The topological polar surface area (TPSA) is 95.2 Å². The summed E-state index contributed by atoms with van der Waals surface area (Å²) in [6.07, 6.45) is 6.23. The Morgan fingerprint density at radius 2 is 2.00 bits per heavy atom. The Bertz CT molecular complexity index is 986. The highest BCUT2D eigenvalue weighted by Crippen LogP contribution is 2.77. The number of ether oxygens (including phenoxy) is 1. The van der Waals surface area contributed by atoms with E-state index in [1.807, 2.05) is 0 Å². The summed E-state index contributed by atoms with van der Waals surface area (Å²) < 4.78 is 5.49. The lowest BCUT2D eigenvalue weighted by Crippen LogP contribution is -2.27.